The highest BCUT2D eigenvalue weighted by molar-refractivity contribution is 8.00. The quantitative estimate of drug-likeness (QED) is 0.675. The zero-order chi connectivity index (χ0) is 21.7. The van der Waals surface area contributed by atoms with Crippen LogP contribution in [0.25, 0.3) is 0 Å². The van der Waals surface area contributed by atoms with Gasteiger partial charge in [0.05, 0.1) is 23.4 Å². The maximum atomic E-state index is 12.7. The highest BCUT2D eigenvalue weighted by Gasteiger charge is 2.23. The largest absolute Gasteiger partial charge is 0.496 e. The standard InChI is InChI=1S/C21H24N2O5S2/c1-14-11-21(25)23-17-12-16(7-8-19(17)29-14)30(26,27)10-9-20(24)22-13-15-5-3-4-6-18(15)28-2/h3-8,12,14H,9-11,13H2,1-2H3,(H,22,24)(H,23,25). The molecule has 0 fully saturated rings. The number of carbonyl (C=O) groups excluding carboxylic acids is 2. The van der Waals surface area contributed by atoms with Gasteiger partial charge in [0.2, 0.25) is 11.8 Å². The van der Waals surface area contributed by atoms with Crippen molar-refractivity contribution in [3.63, 3.8) is 0 Å². The van der Waals surface area contributed by atoms with Crippen molar-refractivity contribution in [2.45, 2.75) is 41.4 Å². The molecule has 160 valence electrons. The van der Waals surface area contributed by atoms with E-state index in [2.05, 4.69) is 10.6 Å². The summed E-state index contributed by atoms with van der Waals surface area (Å²) in [5.41, 5.74) is 1.31. The van der Waals surface area contributed by atoms with Gasteiger partial charge in [-0.2, -0.15) is 0 Å². The first kappa shape index (κ1) is 22.2. The van der Waals surface area contributed by atoms with Gasteiger partial charge >= 0.3 is 0 Å². The zero-order valence-electron chi connectivity index (χ0n) is 16.8. The Morgan fingerprint density at radius 3 is 2.80 bits per heavy atom. The summed E-state index contributed by atoms with van der Waals surface area (Å²) in [4.78, 5) is 25.0. The Kier molecular flexibility index (Phi) is 7.04. The highest BCUT2D eigenvalue weighted by Crippen LogP contribution is 2.36. The second-order valence-corrected chi connectivity index (χ2v) is 10.6. The van der Waals surface area contributed by atoms with E-state index in [4.69, 9.17) is 4.74 Å². The summed E-state index contributed by atoms with van der Waals surface area (Å²) in [7, 11) is -2.12. The van der Waals surface area contributed by atoms with Crippen LogP contribution in [0, 0.1) is 0 Å². The van der Waals surface area contributed by atoms with Gasteiger partial charge in [-0.1, -0.05) is 25.1 Å². The molecule has 2 aromatic rings. The van der Waals surface area contributed by atoms with E-state index in [0.717, 1.165) is 10.5 Å². The van der Waals surface area contributed by atoms with Crippen LogP contribution in [-0.4, -0.2) is 38.3 Å². The molecule has 7 nitrogen and oxygen atoms in total. The number of hydrogen-bond donors (Lipinski definition) is 2. The Balaban J connectivity index is 1.62. The van der Waals surface area contributed by atoms with Crippen molar-refractivity contribution in [3.05, 3.63) is 48.0 Å². The number of hydrogen-bond acceptors (Lipinski definition) is 6. The molecule has 1 aliphatic heterocycles. The van der Waals surface area contributed by atoms with Crippen LogP contribution in [-0.2, 0) is 26.0 Å². The topological polar surface area (TPSA) is 102 Å². The Bertz CT molecular complexity index is 1050. The van der Waals surface area contributed by atoms with Crippen LogP contribution in [0.4, 0.5) is 5.69 Å². The van der Waals surface area contributed by atoms with Crippen LogP contribution in [0.1, 0.15) is 25.3 Å². The summed E-state index contributed by atoms with van der Waals surface area (Å²) in [5.74, 6) is -0.165. The van der Waals surface area contributed by atoms with Gasteiger partial charge in [-0.15, -0.1) is 11.8 Å². The molecular formula is C21H24N2O5S2. The third-order valence-corrected chi connectivity index (χ3v) is 7.54. The number of thioether (sulfide) groups is 1. The molecule has 0 bridgehead atoms. The molecule has 9 heteroatoms. The molecule has 0 saturated heterocycles. The minimum Gasteiger partial charge on any atom is -0.496 e. The van der Waals surface area contributed by atoms with Gasteiger partial charge in [-0.25, -0.2) is 8.42 Å². The summed E-state index contributed by atoms with van der Waals surface area (Å²) < 4.78 is 30.7. The molecule has 0 spiro atoms. The number of sulfone groups is 1. The first-order chi connectivity index (χ1) is 14.3. The lowest BCUT2D eigenvalue weighted by atomic mass is 10.2. The summed E-state index contributed by atoms with van der Waals surface area (Å²) >= 11 is 1.53. The lowest BCUT2D eigenvalue weighted by molar-refractivity contribution is -0.121. The summed E-state index contributed by atoms with van der Waals surface area (Å²) in [5, 5.41) is 5.60. The number of nitrogens with one attached hydrogen (secondary N) is 2. The smallest absolute Gasteiger partial charge is 0.225 e. The van der Waals surface area contributed by atoms with Crippen molar-refractivity contribution in [2.75, 3.05) is 18.2 Å². The van der Waals surface area contributed by atoms with Crippen LogP contribution in [0.3, 0.4) is 0 Å². The number of fused-ring (bicyclic) bond motifs is 1. The second-order valence-electron chi connectivity index (χ2n) is 7.00. The van der Waals surface area contributed by atoms with Crippen LogP contribution >= 0.6 is 11.8 Å². The fraction of sp³-hybridized carbons (Fsp3) is 0.333. The van der Waals surface area contributed by atoms with Crippen LogP contribution in [0.2, 0.25) is 0 Å². The minimum atomic E-state index is -3.67. The first-order valence-electron chi connectivity index (χ1n) is 9.50. The van der Waals surface area contributed by atoms with Gasteiger partial charge in [-0.3, -0.25) is 9.59 Å². The molecule has 0 aliphatic carbocycles. The second kappa shape index (κ2) is 9.53. The average molecular weight is 449 g/mol. The van der Waals surface area contributed by atoms with Crippen molar-refractivity contribution in [1.82, 2.24) is 5.32 Å². The van der Waals surface area contributed by atoms with Crippen molar-refractivity contribution >= 4 is 39.1 Å². The van der Waals surface area contributed by atoms with Crippen molar-refractivity contribution in [1.29, 1.82) is 0 Å². The number of para-hydroxylation sites is 1. The molecule has 1 unspecified atom stereocenters. The lowest BCUT2D eigenvalue weighted by Crippen LogP contribution is -2.25. The van der Waals surface area contributed by atoms with Gasteiger partial charge in [-0.05, 0) is 24.3 Å². The molecular weight excluding hydrogens is 424 g/mol. The molecule has 30 heavy (non-hydrogen) atoms. The third kappa shape index (κ3) is 5.54. The van der Waals surface area contributed by atoms with Gasteiger partial charge < -0.3 is 15.4 Å². The van der Waals surface area contributed by atoms with E-state index in [9.17, 15) is 18.0 Å². The van der Waals surface area contributed by atoms with Gasteiger partial charge in [0.25, 0.3) is 0 Å². The molecule has 3 rings (SSSR count). The molecule has 2 aromatic carbocycles. The molecule has 2 N–H and O–H groups in total. The molecule has 2 amide bonds. The van der Waals surface area contributed by atoms with E-state index >= 15 is 0 Å². The fourth-order valence-electron chi connectivity index (χ4n) is 3.10. The van der Waals surface area contributed by atoms with E-state index in [-0.39, 0.29) is 40.7 Å². The number of benzene rings is 2. The number of methoxy groups -OCH3 is 1. The monoisotopic (exact) mass is 448 g/mol. The lowest BCUT2D eigenvalue weighted by Gasteiger charge is -2.11. The molecule has 1 heterocycles. The highest BCUT2D eigenvalue weighted by atomic mass is 32.2. The van der Waals surface area contributed by atoms with Crippen molar-refractivity contribution in [3.8, 4) is 5.75 Å². The summed E-state index contributed by atoms with van der Waals surface area (Å²) in [6.45, 7) is 2.21. The Morgan fingerprint density at radius 2 is 2.03 bits per heavy atom. The Hall–Kier alpha value is -2.52. The summed E-state index contributed by atoms with van der Waals surface area (Å²) in [6.07, 6.45) is 0.209. The number of anilines is 1. The number of rotatable bonds is 7. The molecule has 1 aliphatic rings. The number of carbonyl (C=O) groups is 2. The van der Waals surface area contributed by atoms with E-state index in [0.29, 0.717) is 17.9 Å². The normalized spacial score (nSPS) is 16.2. The number of amides is 2. The van der Waals surface area contributed by atoms with E-state index < -0.39 is 9.84 Å². The minimum absolute atomic E-state index is 0.0919. The summed E-state index contributed by atoms with van der Waals surface area (Å²) in [6, 6.07) is 12.0. The third-order valence-electron chi connectivity index (χ3n) is 4.65. The van der Waals surface area contributed by atoms with Gasteiger partial charge in [0, 0.05) is 35.1 Å². The number of ether oxygens (including phenoxy) is 1. The van der Waals surface area contributed by atoms with E-state index in [1.54, 1.807) is 19.2 Å². The predicted octanol–water partition coefficient (Wildman–Crippen LogP) is 3.00. The first-order valence-corrected chi connectivity index (χ1v) is 12.0. The predicted molar refractivity (Wildman–Crippen MR) is 117 cm³/mol. The SMILES string of the molecule is COc1ccccc1CNC(=O)CCS(=O)(=O)c1ccc2c(c1)NC(=O)CC(C)S2. The van der Waals surface area contributed by atoms with Crippen LogP contribution in [0.15, 0.2) is 52.3 Å². The fourth-order valence-corrected chi connectivity index (χ4v) is 5.41. The van der Waals surface area contributed by atoms with Gasteiger partial charge in [0.15, 0.2) is 9.84 Å². The van der Waals surface area contributed by atoms with Crippen molar-refractivity contribution in [2.24, 2.45) is 0 Å². The van der Waals surface area contributed by atoms with Crippen LogP contribution in [0.5, 0.6) is 5.75 Å². The van der Waals surface area contributed by atoms with E-state index in [1.165, 1.54) is 23.9 Å². The Morgan fingerprint density at radius 1 is 1.27 bits per heavy atom. The molecule has 1 atom stereocenters. The molecule has 0 saturated carbocycles. The van der Waals surface area contributed by atoms with Crippen LogP contribution < -0.4 is 15.4 Å². The van der Waals surface area contributed by atoms with Gasteiger partial charge in [0.1, 0.15) is 5.75 Å². The molecule has 0 radical (unpaired) electrons. The van der Waals surface area contributed by atoms with Crippen molar-refractivity contribution < 1.29 is 22.7 Å². The maximum absolute atomic E-state index is 12.7. The zero-order valence-corrected chi connectivity index (χ0v) is 18.4. The maximum Gasteiger partial charge on any atom is 0.225 e. The Labute approximate surface area is 180 Å². The van der Waals surface area contributed by atoms with E-state index in [1.807, 2.05) is 25.1 Å². The molecule has 0 aromatic heterocycles. The average Bonchev–Trinajstić information content (AvgIpc) is 2.86.